The lowest BCUT2D eigenvalue weighted by atomic mass is 10.2. The molecule has 1 aromatic rings. The zero-order valence-electron chi connectivity index (χ0n) is 9.22. The third-order valence-corrected chi connectivity index (χ3v) is 4.97. The number of ether oxygens (including phenoxy) is 2. The molecule has 0 bridgehead atoms. The number of quaternary nitrogens is 1. The van der Waals surface area contributed by atoms with E-state index in [2.05, 4.69) is 15.9 Å². The zero-order chi connectivity index (χ0) is 12.7. The number of carboxylic acids is 1. The van der Waals surface area contributed by atoms with Crippen molar-refractivity contribution >= 4 is 33.7 Å². The van der Waals surface area contributed by atoms with Crippen LogP contribution in [0.1, 0.15) is 10.9 Å². The molecule has 2 aliphatic rings. The molecule has 7 heteroatoms. The third-order valence-electron chi connectivity index (χ3n) is 2.96. The van der Waals surface area contributed by atoms with Gasteiger partial charge in [-0.15, -0.1) is 0 Å². The predicted molar refractivity (Wildman–Crippen MR) is 66.2 cm³/mol. The van der Waals surface area contributed by atoms with Crippen LogP contribution in [-0.4, -0.2) is 24.6 Å². The van der Waals surface area contributed by atoms with Crippen LogP contribution in [0, 0.1) is 0 Å². The number of hydrogen-bond donors (Lipinski definition) is 1. The molecule has 96 valence electrons. The summed E-state index contributed by atoms with van der Waals surface area (Å²) in [4.78, 5) is 10.8. The summed E-state index contributed by atoms with van der Waals surface area (Å²) in [6.45, 7) is 0.231. The molecule has 0 saturated carbocycles. The Morgan fingerprint density at radius 1 is 1.44 bits per heavy atom. The van der Waals surface area contributed by atoms with E-state index in [0.717, 1.165) is 10.0 Å². The van der Waals surface area contributed by atoms with Crippen LogP contribution in [0.5, 0.6) is 11.5 Å². The van der Waals surface area contributed by atoms with Crippen LogP contribution >= 0.6 is 27.7 Å². The van der Waals surface area contributed by atoms with Crippen LogP contribution in [0.25, 0.3) is 0 Å². The van der Waals surface area contributed by atoms with Crippen molar-refractivity contribution in [3.05, 3.63) is 22.2 Å². The van der Waals surface area contributed by atoms with Gasteiger partial charge in [-0.1, -0.05) is 27.7 Å². The molecule has 0 amide bonds. The smallest absolute Gasteiger partial charge is 0.231 e. The molecule has 1 fully saturated rings. The number of carbonyl (C=O) groups is 1. The fourth-order valence-corrected chi connectivity index (χ4v) is 4.08. The normalized spacial score (nSPS) is 25.4. The molecule has 0 spiro atoms. The molecule has 0 radical (unpaired) electrons. The lowest BCUT2D eigenvalue weighted by Gasteiger charge is -2.13. The number of carbonyl (C=O) groups excluding carboxylic acids is 1. The van der Waals surface area contributed by atoms with Crippen LogP contribution in [0.2, 0.25) is 0 Å². The fraction of sp³-hybridized carbons (Fsp3) is 0.364. The lowest BCUT2D eigenvalue weighted by Crippen LogP contribution is -2.90. The first-order valence-electron chi connectivity index (χ1n) is 5.41. The summed E-state index contributed by atoms with van der Waals surface area (Å²) in [7, 11) is 0. The number of halogens is 1. The number of fused-ring (bicyclic) bond motifs is 1. The Balaban J connectivity index is 1.87. The second kappa shape index (κ2) is 4.64. The average molecular weight is 332 g/mol. The van der Waals surface area contributed by atoms with Gasteiger partial charge in [0, 0.05) is 10.0 Å². The summed E-state index contributed by atoms with van der Waals surface area (Å²) < 4.78 is 11.5. The monoisotopic (exact) mass is 331 g/mol. The third kappa shape index (κ3) is 2.06. The standard InChI is InChI=1S/C11H10BrNO4S/c12-6-2-9-8(16-4-17-9)1-5(6)10-13-7(3-18-10)11(14)15/h1-2,7,10,13H,3-4H2,(H,14,15)/t7-,10-/m1/s1. The topological polar surface area (TPSA) is 75.2 Å². The van der Waals surface area contributed by atoms with Crippen molar-refractivity contribution < 1.29 is 24.7 Å². The molecule has 2 aliphatic heterocycles. The summed E-state index contributed by atoms with van der Waals surface area (Å²) in [5, 5.41) is 12.7. The molecule has 2 atom stereocenters. The maximum atomic E-state index is 10.8. The number of benzene rings is 1. The molecule has 3 rings (SSSR count). The molecular weight excluding hydrogens is 322 g/mol. The van der Waals surface area contributed by atoms with E-state index in [-0.39, 0.29) is 12.2 Å². The summed E-state index contributed by atoms with van der Waals surface area (Å²) in [6, 6.07) is 3.27. The Morgan fingerprint density at radius 2 is 2.17 bits per heavy atom. The summed E-state index contributed by atoms with van der Waals surface area (Å²) in [5.41, 5.74) is 1.01. The quantitative estimate of drug-likeness (QED) is 0.798. The van der Waals surface area contributed by atoms with E-state index in [9.17, 15) is 9.90 Å². The van der Waals surface area contributed by atoms with Gasteiger partial charge in [0.05, 0.1) is 5.75 Å². The number of nitrogens with two attached hydrogens (primary N) is 1. The number of thioether (sulfide) groups is 1. The predicted octanol–water partition coefficient (Wildman–Crippen LogP) is -0.395. The number of hydrogen-bond acceptors (Lipinski definition) is 5. The van der Waals surface area contributed by atoms with Gasteiger partial charge in [0.1, 0.15) is 12.0 Å². The Morgan fingerprint density at radius 3 is 2.83 bits per heavy atom. The van der Waals surface area contributed by atoms with Crippen LogP contribution in [0.3, 0.4) is 0 Å². The van der Waals surface area contributed by atoms with E-state index in [0.29, 0.717) is 17.3 Å². The molecule has 5 nitrogen and oxygen atoms in total. The maximum absolute atomic E-state index is 10.8. The second-order valence-corrected chi connectivity index (χ2v) is 6.13. The molecule has 2 N–H and O–H groups in total. The molecule has 0 aliphatic carbocycles. The van der Waals surface area contributed by atoms with Crippen LogP contribution in [0.4, 0.5) is 0 Å². The summed E-state index contributed by atoms with van der Waals surface area (Å²) in [5.74, 6) is 0.958. The highest BCUT2D eigenvalue weighted by molar-refractivity contribution is 9.10. The van der Waals surface area contributed by atoms with E-state index in [1.807, 2.05) is 17.4 Å². The fourth-order valence-electron chi connectivity index (χ4n) is 2.02. The highest BCUT2D eigenvalue weighted by Gasteiger charge is 2.33. The Hall–Kier alpha value is -0.920. The van der Waals surface area contributed by atoms with Crippen molar-refractivity contribution in [2.75, 3.05) is 12.5 Å². The summed E-state index contributed by atoms with van der Waals surface area (Å²) >= 11 is 5.07. The second-order valence-electron chi connectivity index (χ2n) is 4.10. The minimum atomic E-state index is -1.01. The van der Waals surface area contributed by atoms with Crippen molar-refractivity contribution in [1.29, 1.82) is 0 Å². The molecule has 2 heterocycles. The first-order chi connectivity index (χ1) is 8.65. The van der Waals surface area contributed by atoms with Crippen molar-refractivity contribution in [3.8, 4) is 11.5 Å². The van der Waals surface area contributed by atoms with E-state index < -0.39 is 12.0 Å². The minimum Gasteiger partial charge on any atom is -0.544 e. The van der Waals surface area contributed by atoms with Crippen molar-refractivity contribution in [2.24, 2.45) is 0 Å². The van der Waals surface area contributed by atoms with Gasteiger partial charge in [-0.25, -0.2) is 0 Å². The van der Waals surface area contributed by atoms with Crippen molar-refractivity contribution in [2.45, 2.75) is 11.4 Å². The largest absolute Gasteiger partial charge is 0.544 e. The number of carboxylic acid groups (broad SMARTS) is 1. The van der Waals surface area contributed by atoms with E-state index >= 15 is 0 Å². The van der Waals surface area contributed by atoms with E-state index in [1.165, 1.54) is 0 Å². The first kappa shape index (κ1) is 12.1. The van der Waals surface area contributed by atoms with Crippen LogP contribution in [-0.2, 0) is 4.79 Å². The van der Waals surface area contributed by atoms with Gasteiger partial charge in [-0.05, 0) is 12.1 Å². The maximum Gasteiger partial charge on any atom is 0.231 e. The van der Waals surface area contributed by atoms with Gasteiger partial charge in [-0.3, -0.25) is 0 Å². The van der Waals surface area contributed by atoms with E-state index in [4.69, 9.17) is 9.47 Å². The van der Waals surface area contributed by atoms with Gasteiger partial charge < -0.3 is 24.7 Å². The lowest BCUT2D eigenvalue weighted by molar-refractivity contribution is -0.690. The van der Waals surface area contributed by atoms with Crippen LogP contribution < -0.4 is 19.9 Å². The van der Waals surface area contributed by atoms with E-state index in [1.54, 1.807) is 11.8 Å². The molecule has 1 aromatic carbocycles. The highest BCUT2D eigenvalue weighted by Crippen LogP contribution is 2.41. The zero-order valence-corrected chi connectivity index (χ0v) is 11.6. The van der Waals surface area contributed by atoms with Gasteiger partial charge in [0.15, 0.2) is 16.9 Å². The van der Waals surface area contributed by atoms with Crippen molar-refractivity contribution in [1.82, 2.24) is 0 Å². The van der Waals surface area contributed by atoms with Crippen LogP contribution in [0.15, 0.2) is 16.6 Å². The SMILES string of the molecule is O=C([O-])[C@H]1CS[C@H](c2cc3c(cc2Br)OCO3)[NH2+]1. The van der Waals surface area contributed by atoms with Gasteiger partial charge in [-0.2, -0.15) is 0 Å². The van der Waals surface area contributed by atoms with Gasteiger partial charge in [0.25, 0.3) is 0 Å². The minimum absolute atomic E-state index is 0.0387. The highest BCUT2D eigenvalue weighted by atomic mass is 79.9. The molecule has 0 unspecified atom stereocenters. The van der Waals surface area contributed by atoms with Crippen molar-refractivity contribution in [3.63, 3.8) is 0 Å². The molecular formula is C11H10BrNO4S. The number of rotatable bonds is 2. The Bertz CT molecular complexity index is 510. The van der Waals surface area contributed by atoms with Gasteiger partial charge in [0.2, 0.25) is 6.79 Å². The molecule has 0 aromatic heterocycles. The average Bonchev–Trinajstić information content (AvgIpc) is 2.94. The molecule has 18 heavy (non-hydrogen) atoms. The first-order valence-corrected chi connectivity index (χ1v) is 7.26. The summed E-state index contributed by atoms with van der Waals surface area (Å²) in [6.07, 6.45) is 0. The Labute approximate surface area is 116 Å². The number of aliphatic carboxylic acids is 1. The molecule has 1 saturated heterocycles. The Kier molecular flexibility index (Phi) is 3.13. The van der Waals surface area contributed by atoms with Gasteiger partial charge >= 0.3 is 0 Å².